The SMILES string of the molecule is CC(=O)c1c(F)ccc(C)c1C. The predicted octanol–water partition coefficient (Wildman–Crippen LogP) is 2.65. The molecule has 2 heteroatoms. The van der Waals surface area contributed by atoms with Crippen molar-refractivity contribution >= 4 is 5.78 Å². The zero-order valence-electron chi connectivity index (χ0n) is 7.44. The zero-order chi connectivity index (χ0) is 9.30. The minimum atomic E-state index is -0.425. The van der Waals surface area contributed by atoms with Crippen LogP contribution in [0, 0.1) is 19.7 Å². The lowest BCUT2D eigenvalue weighted by Gasteiger charge is -2.05. The van der Waals surface area contributed by atoms with Gasteiger partial charge in [-0.15, -0.1) is 0 Å². The number of rotatable bonds is 1. The van der Waals surface area contributed by atoms with Crippen molar-refractivity contribution in [2.75, 3.05) is 0 Å². The summed E-state index contributed by atoms with van der Waals surface area (Å²) in [5.74, 6) is -0.640. The van der Waals surface area contributed by atoms with Crippen LogP contribution in [0.3, 0.4) is 0 Å². The molecule has 0 radical (unpaired) electrons. The summed E-state index contributed by atoms with van der Waals surface area (Å²) < 4.78 is 13.1. The van der Waals surface area contributed by atoms with Crippen LogP contribution in [0.25, 0.3) is 0 Å². The minimum absolute atomic E-state index is 0.214. The summed E-state index contributed by atoms with van der Waals surface area (Å²) in [6.07, 6.45) is 0. The molecular weight excluding hydrogens is 155 g/mol. The second kappa shape index (κ2) is 3.05. The van der Waals surface area contributed by atoms with E-state index in [0.717, 1.165) is 11.1 Å². The zero-order valence-corrected chi connectivity index (χ0v) is 7.44. The molecule has 12 heavy (non-hydrogen) atoms. The molecule has 0 aliphatic rings. The van der Waals surface area contributed by atoms with Crippen LogP contribution in [0.4, 0.5) is 4.39 Å². The topological polar surface area (TPSA) is 17.1 Å². The van der Waals surface area contributed by atoms with Crippen LogP contribution >= 0.6 is 0 Å². The molecule has 0 aliphatic carbocycles. The number of ketones is 1. The van der Waals surface area contributed by atoms with Gasteiger partial charge in [-0.05, 0) is 38.0 Å². The van der Waals surface area contributed by atoms with Crippen LogP contribution in [0.15, 0.2) is 12.1 Å². The van der Waals surface area contributed by atoms with Crippen molar-refractivity contribution in [2.24, 2.45) is 0 Å². The molecule has 1 nitrogen and oxygen atoms in total. The Labute approximate surface area is 71.2 Å². The molecule has 0 heterocycles. The lowest BCUT2D eigenvalue weighted by Crippen LogP contribution is -2.01. The molecule has 1 aromatic rings. The van der Waals surface area contributed by atoms with Gasteiger partial charge in [0.15, 0.2) is 5.78 Å². The Morgan fingerprint density at radius 2 is 1.92 bits per heavy atom. The predicted molar refractivity (Wildman–Crippen MR) is 45.9 cm³/mol. The Bertz CT molecular complexity index is 329. The molecule has 1 rings (SSSR count). The highest BCUT2D eigenvalue weighted by Gasteiger charge is 2.11. The van der Waals surface area contributed by atoms with Gasteiger partial charge in [-0.1, -0.05) is 6.07 Å². The Kier molecular flexibility index (Phi) is 2.27. The van der Waals surface area contributed by atoms with Crippen molar-refractivity contribution in [1.29, 1.82) is 0 Å². The molecule has 0 N–H and O–H groups in total. The summed E-state index contributed by atoms with van der Waals surface area (Å²) in [7, 11) is 0. The van der Waals surface area contributed by atoms with E-state index in [1.807, 2.05) is 6.92 Å². The van der Waals surface area contributed by atoms with Gasteiger partial charge in [-0.25, -0.2) is 4.39 Å². The van der Waals surface area contributed by atoms with E-state index in [9.17, 15) is 9.18 Å². The van der Waals surface area contributed by atoms with E-state index in [0.29, 0.717) is 0 Å². The van der Waals surface area contributed by atoms with Gasteiger partial charge in [0.05, 0.1) is 5.56 Å². The molecule has 64 valence electrons. The summed E-state index contributed by atoms with van der Waals surface area (Å²) in [4.78, 5) is 11.0. The minimum Gasteiger partial charge on any atom is -0.294 e. The molecule has 0 amide bonds. The first kappa shape index (κ1) is 8.91. The third kappa shape index (κ3) is 1.37. The summed E-state index contributed by atoms with van der Waals surface area (Å²) in [6, 6.07) is 3.01. The van der Waals surface area contributed by atoms with Crippen LogP contribution in [0.1, 0.15) is 28.4 Å². The van der Waals surface area contributed by atoms with Gasteiger partial charge in [0.2, 0.25) is 0 Å². The number of hydrogen-bond donors (Lipinski definition) is 0. The molecule has 0 aliphatic heterocycles. The van der Waals surface area contributed by atoms with Crippen molar-refractivity contribution in [1.82, 2.24) is 0 Å². The summed E-state index contributed by atoms with van der Waals surface area (Å²) in [6.45, 7) is 5.00. The second-order valence-corrected chi connectivity index (χ2v) is 2.92. The van der Waals surface area contributed by atoms with Crippen LogP contribution in [0.5, 0.6) is 0 Å². The van der Waals surface area contributed by atoms with E-state index in [4.69, 9.17) is 0 Å². The third-order valence-electron chi connectivity index (χ3n) is 2.04. The first-order chi connectivity index (χ1) is 5.54. The van der Waals surface area contributed by atoms with Crippen LogP contribution in [-0.2, 0) is 0 Å². The maximum Gasteiger partial charge on any atom is 0.163 e. The van der Waals surface area contributed by atoms with E-state index in [2.05, 4.69) is 0 Å². The molecule has 0 spiro atoms. The molecule has 0 bridgehead atoms. The highest BCUT2D eigenvalue weighted by molar-refractivity contribution is 5.96. The number of Topliss-reactive ketones (excluding diaryl/α,β-unsaturated/α-hetero) is 1. The number of aryl methyl sites for hydroxylation is 1. The number of benzene rings is 1. The lowest BCUT2D eigenvalue weighted by atomic mass is 10.0. The molecule has 0 fully saturated rings. The average Bonchev–Trinajstić information content (AvgIpc) is 1.97. The first-order valence-electron chi connectivity index (χ1n) is 3.80. The molecule has 0 atom stereocenters. The summed E-state index contributed by atoms with van der Waals surface area (Å²) >= 11 is 0. The van der Waals surface area contributed by atoms with Crippen LogP contribution in [-0.4, -0.2) is 5.78 Å². The van der Waals surface area contributed by atoms with E-state index >= 15 is 0 Å². The van der Waals surface area contributed by atoms with E-state index < -0.39 is 5.82 Å². The molecule has 0 aromatic heterocycles. The lowest BCUT2D eigenvalue weighted by molar-refractivity contribution is 0.101. The Morgan fingerprint density at radius 1 is 1.33 bits per heavy atom. The van der Waals surface area contributed by atoms with Gasteiger partial charge < -0.3 is 0 Å². The van der Waals surface area contributed by atoms with Crippen molar-refractivity contribution in [3.63, 3.8) is 0 Å². The Hall–Kier alpha value is -1.18. The average molecular weight is 166 g/mol. The fourth-order valence-corrected chi connectivity index (χ4v) is 1.21. The fraction of sp³-hybridized carbons (Fsp3) is 0.300. The largest absolute Gasteiger partial charge is 0.294 e. The van der Waals surface area contributed by atoms with Gasteiger partial charge in [0.25, 0.3) is 0 Å². The molecule has 0 saturated carbocycles. The van der Waals surface area contributed by atoms with Gasteiger partial charge in [0, 0.05) is 0 Å². The molecule has 1 aromatic carbocycles. The van der Waals surface area contributed by atoms with Crippen molar-refractivity contribution < 1.29 is 9.18 Å². The Balaban J connectivity index is 3.43. The normalized spacial score (nSPS) is 10.0. The van der Waals surface area contributed by atoms with E-state index in [1.54, 1.807) is 13.0 Å². The Morgan fingerprint density at radius 3 is 2.33 bits per heavy atom. The van der Waals surface area contributed by atoms with Crippen molar-refractivity contribution in [2.45, 2.75) is 20.8 Å². The second-order valence-electron chi connectivity index (χ2n) is 2.92. The monoisotopic (exact) mass is 166 g/mol. The maximum absolute atomic E-state index is 13.1. The quantitative estimate of drug-likeness (QED) is 0.586. The van der Waals surface area contributed by atoms with Gasteiger partial charge in [-0.2, -0.15) is 0 Å². The molecule has 0 unspecified atom stereocenters. The van der Waals surface area contributed by atoms with Crippen molar-refractivity contribution in [3.8, 4) is 0 Å². The van der Waals surface area contributed by atoms with Gasteiger partial charge >= 0.3 is 0 Å². The molecule has 0 saturated heterocycles. The first-order valence-corrected chi connectivity index (χ1v) is 3.80. The van der Waals surface area contributed by atoms with Gasteiger partial charge in [0.1, 0.15) is 5.82 Å². The smallest absolute Gasteiger partial charge is 0.163 e. The number of hydrogen-bond acceptors (Lipinski definition) is 1. The number of carbonyl (C=O) groups excluding carboxylic acids is 1. The van der Waals surface area contributed by atoms with Crippen molar-refractivity contribution in [3.05, 3.63) is 34.6 Å². The molecular formula is C10H11FO. The van der Waals surface area contributed by atoms with Crippen LogP contribution in [0.2, 0.25) is 0 Å². The van der Waals surface area contributed by atoms with Gasteiger partial charge in [-0.3, -0.25) is 4.79 Å². The van der Waals surface area contributed by atoms with E-state index in [-0.39, 0.29) is 11.3 Å². The highest BCUT2D eigenvalue weighted by Crippen LogP contribution is 2.16. The maximum atomic E-state index is 13.1. The number of carbonyl (C=O) groups is 1. The third-order valence-corrected chi connectivity index (χ3v) is 2.04. The highest BCUT2D eigenvalue weighted by atomic mass is 19.1. The van der Waals surface area contributed by atoms with E-state index in [1.165, 1.54) is 13.0 Å². The fourth-order valence-electron chi connectivity index (χ4n) is 1.21. The standard InChI is InChI=1S/C10H11FO/c1-6-4-5-9(11)10(7(6)2)8(3)12/h4-5H,1-3H3. The summed E-state index contributed by atoms with van der Waals surface area (Å²) in [5.41, 5.74) is 1.90. The summed E-state index contributed by atoms with van der Waals surface area (Å²) in [5, 5.41) is 0. The van der Waals surface area contributed by atoms with Crippen LogP contribution < -0.4 is 0 Å². The number of halogens is 1.